The first kappa shape index (κ1) is 17.3. The maximum atomic E-state index is 5.54. The zero-order valence-electron chi connectivity index (χ0n) is 14.4. The third-order valence-electron chi connectivity index (χ3n) is 3.90. The van der Waals surface area contributed by atoms with Crippen molar-refractivity contribution in [3.8, 4) is 0 Å². The van der Waals surface area contributed by atoms with Gasteiger partial charge in [0, 0.05) is 19.8 Å². The summed E-state index contributed by atoms with van der Waals surface area (Å²) in [7, 11) is 6.06. The normalized spacial score (nSPS) is 17.5. The maximum absolute atomic E-state index is 5.54. The lowest BCUT2D eigenvalue weighted by molar-refractivity contribution is -0.760. The molecule has 0 aliphatic carbocycles. The molecule has 6 nitrogen and oxygen atoms in total. The van der Waals surface area contributed by atoms with Gasteiger partial charge in [0.25, 0.3) is 0 Å². The Morgan fingerprint density at radius 2 is 1.83 bits per heavy atom. The van der Waals surface area contributed by atoms with Gasteiger partial charge in [0.15, 0.2) is 0 Å². The van der Waals surface area contributed by atoms with Crippen LogP contribution in [0.4, 0.5) is 11.4 Å². The average molecular weight is 316 g/mol. The number of nitrogens with zero attached hydrogens (tertiary/aromatic N) is 4. The number of unbranched alkanes of at least 4 members (excludes halogenated alkanes) is 2. The summed E-state index contributed by atoms with van der Waals surface area (Å²) in [5.41, 5.74) is 7.57. The number of nitrogens with two attached hydrogens (primary N) is 1. The quantitative estimate of drug-likeness (QED) is 0.453. The second-order valence-corrected chi connectivity index (χ2v) is 5.99. The van der Waals surface area contributed by atoms with E-state index >= 15 is 0 Å². The number of hydrogen-bond acceptors (Lipinski definition) is 4. The van der Waals surface area contributed by atoms with Crippen molar-refractivity contribution in [1.82, 2.24) is 0 Å². The van der Waals surface area contributed by atoms with Crippen molar-refractivity contribution < 1.29 is 9.48 Å². The molecule has 0 aromatic heterocycles. The minimum Gasteiger partial charge on any atom is -0.378 e. The van der Waals surface area contributed by atoms with Crippen LogP contribution < -0.4 is 15.5 Å². The van der Waals surface area contributed by atoms with Gasteiger partial charge in [0.1, 0.15) is 23.2 Å². The summed E-state index contributed by atoms with van der Waals surface area (Å²) >= 11 is 0. The predicted molar refractivity (Wildman–Crippen MR) is 94.4 cm³/mol. The monoisotopic (exact) mass is 316 g/mol. The summed E-state index contributed by atoms with van der Waals surface area (Å²) in [6.45, 7) is 1.79. The topological polar surface area (TPSA) is 61.4 Å². The molecule has 1 aliphatic rings. The number of quaternary nitrogens is 1. The molecule has 23 heavy (non-hydrogen) atoms. The largest absolute Gasteiger partial charge is 0.524 e. The maximum Gasteiger partial charge on any atom is 0.524 e. The van der Waals surface area contributed by atoms with Crippen molar-refractivity contribution >= 4 is 17.3 Å². The van der Waals surface area contributed by atoms with Crippen LogP contribution in [0.15, 0.2) is 46.9 Å². The molecule has 1 atom stereocenters. The zero-order valence-corrected chi connectivity index (χ0v) is 14.4. The summed E-state index contributed by atoms with van der Waals surface area (Å²) in [4.78, 5) is 3.32. The molecule has 6 heteroatoms. The SMILES string of the molecule is CN(C)c1ccc(N=NC2=[N+](C)C=C[NH+]2CCCCCN)cc1. The van der Waals surface area contributed by atoms with Crippen molar-refractivity contribution in [2.75, 3.05) is 39.1 Å². The van der Waals surface area contributed by atoms with Crippen LogP contribution in [0, 0.1) is 0 Å². The van der Waals surface area contributed by atoms with E-state index in [-0.39, 0.29) is 0 Å². The summed E-state index contributed by atoms with van der Waals surface area (Å²) in [6.07, 6.45) is 7.56. The molecule has 0 radical (unpaired) electrons. The first-order chi connectivity index (χ1) is 11.1. The Morgan fingerprint density at radius 1 is 1.09 bits per heavy atom. The molecule has 2 rings (SSSR count). The molecule has 0 spiro atoms. The Kier molecular flexibility index (Phi) is 6.43. The van der Waals surface area contributed by atoms with E-state index in [1.807, 2.05) is 56.2 Å². The number of azo groups is 1. The molecular formula is C17H28N6+2. The summed E-state index contributed by atoms with van der Waals surface area (Å²) in [5, 5.41) is 8.84. The van der Waals surface area contributed by atoms with Crippen molar-refractivity contribution in [3.63, 3.8) is 0 Å². The smallest absolute Gasteiger partial charge is 0.378 e. The first-order valence-electron chi connectivity index (χ1n) is 8.15. The number of benzene rings is 1. The molecule has 1 aromatic carbocycles. The van der Waals surface area contributed by atoms with Gasteiger partial charge in [-0.3, -0.25) is 0 Å². The minimum atomic E-state index is 0.768. The van der Waals surface area contributed by atoms with E-state index in [0.717, 1.165) is 49.7 Å². The van der Waals surface area contributed by atoms with E-state index in [4.69, 9.17) is 5.73 Å². The molecule has 1 heterocycles. The lowest BCUT2D eigenvalue weighted by atomic mass is 10.2. The van der Waals surface area contributed by atoms with Gasteiger partial charge in [-0.05, 0) is 55.2 Å². The third-order valence-corrected chi connectivity index (χ3v) is 3.90. The van der Waals surface area contributed by atoms with Gasteiger partial charge in [0.2, 0.25) is 0 Å². The van der Waals surface area contributed by atoms with Crippen LogP contribution in [-0.2, 0) is 0 Å². The Morgan fingerprint density at radius 3 is 2.48 bits per heavy atom. The van der Waals surface area contributed by atoms with Gasteiger partial charge in [-0.2, -0.15) is 9.48 Å². The number of guanidine groups is 1. The van der Waals surface area contributed by atoms with E-state index in [1.54, 1.807) is 0 Å². The number of hydrogen-bond donors (Lipinski definition) is 2. The molecule has 1 aliphatic heterocycles. The fraction of sp³-hybridized carbons (Fsp3) is 0.471. The Bertz CT molecular complexity index is 586. The van der Waals surface area contributed by atoms with E-state index in [1.165, 1.54) is 4.90 Å². The van der Waals surface area contributed by atoms with Crippen LogP contribution in [0.2, 0.25) is 0 Å². The summed E-state index contributed by atoms with van der Waals surface area (Å²) in [5.74, 6) is 0.939. The van der Waals surface area contributed by atoms with Crippen molar-refractivity contribution in [3.05, 3.63) is 36.7 Å². The van der Waals surface area contributed by atoms with Crippen LogP contribution in [0.3, 0.4) is 0 Å². The predicted octanol–water partition coefficient (Wildman–Crippen LogP) is 1.33. The van der Waals surface area contributed by atoms with Crippen LogP contribution in [0.25, 0.3) is 0 Å². The third kappa shape index (κ3) is 4.97. The van der Waals surface area contributed by atoms with Crippen LogP contribution in [0.5, 0.6) is 0 Å². The summed E-state index contributed by atoms with van der Waals surface area (Å²) < 4.78 is 2.02. The molecule has 1 unspecified atom stereocenters. The van der Waals surface area contributed by atoms with Crippen molar-refractivity contribution in [2.45, 2.75) is 19.3 Å². The van der Waals surface area contributed by atoms with Gasteiger partial charge in [-0.15, -0.1) is 0 Å². The fourth-order valence-corrected chi connectivity index (χ4v) is 2.46. The zero-order chi connectivity index (χ0) is 16.7. The molecule has 3 N–H and O–H groups in total. The Hall–Kier alpha value is -2.05. The van der Waals surface area contributed by atoms with E-state index in [0.29, 0.717) is 0 Å². The second kappa shape index (κ2) is 8.55. The average Bonchev–Trinajstić information content (AvgIpc) is 2.90. The van der Waals surface area contributed by atoms with Crippen molar-refractivity contribution in [2.24, 2.45) is 16.0 Å². The molecule has 0 amide bonds. The van der Waals surface area contributed by atoms with E-state index < -0.39 is 0 Å². The molecule has 0 saturated carbocycles. The summed E-state index contributed by atoms with van der Waals surface area (Å²) in [6, 6.07) is 8.07. The molecule has 1 aromatic rings. The van der Waals surface area contributed by atoms with E-state index in [9.17, 15) is 0 Å². The Labute approximate surface area is 138 Å². The second-order valence-electron chi connectivity index (χ2n) is 5.99. The molecule has 0 bridgehead atoms. The first-order valence-corrected chi connectivity index (χ1v) is 8.15. The molecule has 0 fully saturated rings. The van der Waals surface area contributed by atoms with Crippen LogP contribution in [-0.4, -0.2) is 44.8 Å². The standard InChI is InChI=1S/C17H27N6/c1-21(2)16-9-7-15(8-10-16)19-20-17-22(3)13-14-23(17)12-6-4-5-11-18/h7-10,13-14H,4-6,11-12,18H2,1-3H3/q+1/p+1. The number of nitrogens with one attached hydrogen (secondary N) is 1. The highest BCUT2D eigenvalue weighted by molar-refractivity contribution is 5.68. The highest BCUT2D eigenvalue weighted by Gasteiger charge is 2.30. The molecular weight excluding hydrogens is 288 g/mol. The lowest BCUT2D eigenvalue weighted by Crippen LogP contribution is -3.09. The lowest BCUT2D eigenvalue weighted by Gasteiger charge is -2.11. The highest BCUT2D eigenvalue weighted by atomic mass is 15.4. The van der Waals surface area contributed by atoms with Gasteiger partial charge in [-0.1, -0.05) is 0 Å². The van der Waals surface area contributed by atoms with Gasteiger partial charge < -0.3 is 10.6 Å². The van der Waals surface area contributed by atoms with Crippen molar-refractivity contribution in [1.29, 1.82) is 0 Å². The Balaban J connectivity index is 1.97. The van der Waals surface area contributed by atoms with Crippen LogP contribution >= 0.6 is 0 Å². The van der Waals surface area contributed by atoms with Crippen LogP contribution in [0.1, 0.15) is 19.3 Å². The minimum absolute atomic E-state index is 0.768. The van der Waals surface area contributed by atoms with E-state index in [2.05, 4.69) is 21.3 Å². The molecule has 0 saturated heterocycles. The number of anilines is 1. The fourth-order valence-electron chi connectivity index (χ4n) is 2.46. The van der Waals surface area contributed by atoms with Gasteiger partial charge in [-0.25, -0.2) is 0 Å². The molecule has 124 valence electrons. The van der Waals surface area contributed by atoms with Gasteiger partial charge in [0.05, 0.1) is 13.6 Å². The van der Waals surface area contributed by atoms with Gasteiger partial charge >= 0.3 is 5.96 Å². The number of rotatable bonds is 7. The highest BCUT2D eigenvalue weighted by Crippen LogP contribution is 2.18.